The van der Waals surface area contributed by atoms with Crippen molar-refractivity contribution < 1.29 is 9.53 Å². The molecular formula is C16H23N5O2S. The van der Waals surface area contributed by atoms with Crippen LogP contribution in [-0.4, -0.2) is 44.0 Å². The summed E-state index contributed by atoms with van der Waals surface area (Å²) >= 11 is 1.30. The number of rotatable bonds is 5. The summed E-state index contributed by atoms with van der Waals surface area (Å²) in [4.78, 5) is 12.3. The van der Waals surface area contributed by atoms with Crippen molar-refractivity contribution in [2.24, 2.45) is 0 Å². The summed E-state index contributed by atoms with van der Waals surface area (Å²) in [5.74, 6) is 0.611. The highest BCUT2D eigenvalue weighted by Gasteiger charge is 2.23. The molecule has 0 radical (unpaired) electrons. The first-order chi connectivity index (χ1) is 11.2. The number of amides is 1. The predicted molar refractivity (Wildman–Crippen MR) is 93.7 cm³/mol. The molecule has 0 saturated carbocycles. The Morgan fingerprint density at radius 3 is 2.71 bits per heavy atom. The number of aryl methyl sites for hydroxylation is 1. The molecule has 1 aromatic heterocycles. The van der Waals surface area contributed by atoms with Gasteiger partial charge in [0.1, 0.15) is 11.4 Å². The van der Waals surface area contributed by atoms with Crippen molar-refractivity contribution in [3.63, 3.8) is 0 Å². The third-order valence-electron chi connectivity index (χ3n) is 3.15. The number of ether oxygens (including phenoxy) is 1. The lowest BCUT2D eigenvalue weighted by atomic mass is 10.1. The second-order valence-corrected chi connectivity index (χ2v) is 7.86. The summed E-state index contributed by atoms with van der Waals surface area (Å²) < 4.78 is 6.99. The number of nitrogens with zero attached hydrogens (tertiary/aromatic N) is 4. The predicted octanol–water partition coefficient (Wildman–Crippen LogP) is 2.37. The minimum Gasteiger partial charge on any atom is -0.494 e. The van der Waals surface area contributed by atoms with E-state index in [1.54, 1.807) is 11.8 Å². The van der Waals surface area contributed by atoms with Gasteiger partial charge in [-0.2, -0.15) is 4.68 Å². The summed E-state index contributed by atoms with van der Waals surface area (Å²) in [6, 6.07) is 5.77. The lowest BCUT2D eigenvalue weighted by Gasteiger charge is -2.22. The van der Waals surface area contributed by atoms with Gasteiger partial charge in [-0.05, 0) is 62.7 Å². The number of nitrogens with one attached hydrogen (secondary N) is 1. The number of thioether (sulfide) groups is 1. The number of aromatic nitrogens is 4. The molecular weight excluding hydrogens is 326 g/mol. The second-order valence-electron chi connectivity index (χ2n) is 6.55. The van der Waals surface area contributed by atoms with Gasteiger partial charge in [-0.1, -0.05) is 17.8 Å². The maximum Gasteiger partial charge on any atom is 0.233 e. The van der Waals surface area contributed by atoms with Gasteiger partial charge >= 0.3 is 0 Å². The summed E-state index contributed by atoms with van der Waals surface area (Å²) in [6.45, 7) is 9.66. The van der Waals surface area contributed by atoms with Crippen LogP contribution in [0.4, 0.5) is 0 Å². The van der Waals surface area contributed by atoms with Gasteiger partial charge in [0, 0.05) is 5.54 Å². The van der Waals surface area contributed by atoms with E-state index in [4.69, 9.17) is 4.74 Å². The van der Waals surface area contributed by atoms with Gasteiger partial charge in [0.2, 0.25) is 11.1 Å². The van der Waals surface area contributed by atoms with E-state index in [0.29, 0.717) is 10.9 Å². The maximum absolute atomic E-state index is 12.3. The van der Waals surface area contributed by atoms with Crippen LogP contribution in [-0.2, 0) is 4.79 Å². The van der Waals surface area contributed by atoms with E-state index in [0.717, 1.165) is 11.3 Å². The molecule has 8 heteroatoms. The van der Waals surface area contributed by atoms with Gasteiger partial charge in [-0.15, -0.1) is 5.10 Å². The molecule has 2 aromatic rings. The number of hydrogen-bond donors (Lipinski definition) is 1. The smallest absolute Gasteiger partial charge is 0.233 e. The number of tetrazole rings is 1. The zero-order valence-corrected chi connectivity index (χ0v) is 15.6. The van der Waals surface area contributed by atoms with E-state index in [1.807, 2.05) is 52.8 Å². The fraction of sp³-hybridized carbons (Fsp3) is 0.500. The first-order valence-electron chi connectivity index (χ1n) is 7.63. The van der Waals surface area contributed by atoms with E-state index >= 15 is 0 Å². The van der Waals surface area contributed by atoms with Crippen LogP contribution in [0.25, 0.3) is 5.69 Å². The third kappa shape index (κ3) is 4.47. The van der Waals surface area contributed by atoms with Crippen LogP contribution in [0.3, 0.4) is 0 Å². The number of carbonyl (C=O) groups excluding carboxylic acids is 1. The van der Waals surface area contributed by atoms with Crippen LogP contribution in [0.5, 0.6) is 5.75 Å². The van der Waals surface area contributed by atoms with Crippen molar-refractivity contribution >= 4 is 17.7 Å². The molecule has 24 heavy (non-hydrogen) atoms. The average Bonchev–Trinajstić information content (AvgIpc) is 2.93. The molecule has 1 atom stereocenters. The summed E-state index contributed by atoms with van der Waals surface area (Å²) in [7, 11) is 1.60. The van der Waals surface area contributed by atoms with Gasteiger partial charge in [0.25, 0.3) is 0 Å². The molecule has 0 aliphatic rings. The van der Waals surface area contributed by atoms with Crippen molar-refractivity contribution in [3.8, 4) is 11.4 Å². The second kappa shape index (κ2) is 7.21. The molecule has 1 amide bonds. The maximum atomic E-state index is 12.3. The number of hydrogen-bond acceptors (Lipinski definition) is 6. The highest BCUT2D eigenvalue weighted by Crippen LogP contribution is 2.28. The normalized spacial score (nSPS) is 12.8. The highest BCUT2D eigenvalue weighted by atomic mass is 32.2. The number of methoxy groups -OCH3 is 1. The first kappa shape index (κ1) is 18.3. The molecule has 1 heterocycles. The van der Waals surface area contributed by atoms with Gasteiger partial charge in [-0.3, -0.25) is 4.79 Å². The molecule has 0 aliphatic carbocycles. The zero-order chi connectivity index (χ0) is 17.9. The Kier molecular flexibility index (Phi) is 5.48. The molecule has 7 nitrogen and oxygen atoms in total. The topological polar surface area (TPSA) is 81.9 Å². The Hall–Kier alpha value is -2.09. The van der Waals surface area contributed by atoms with Crippen molar-refractivity contribution in [3.05, 3.63) is 23.8 Å². The largest absolute Gasteiger partial charge is 0.494 e. The highest BCUT2D eigenvalue weighted by molar-refractivity contribution is 8.00. The van der Waals surface area contributed by atoms with E-state index in [2.05, 4.69) is 20.8 Å². The molecule has 0 aliphatic heterocycles. The average molecular weight is 349 g/mol. The molecule has 1 N–H and O–H groups in total. The minimum absolute atomic E-state index is 0.0572. The van der Waals surface area contributed by atoms with E-state index in [-0.39, 0.29) is 16.7 Å². The van der Waals surface area contributed by atoms with E-state index < -0.39 is 0 Å². The SMILES string of the molecule is COc1ccc(C)cc1-n1nnnc1SC(C)C(=O)NC(C)(C)C. The fourth-order valence-electron chi connectivity index (χ4n) is 2.05. The molecule has 0 bridgehead atoms. The van der Waals surface area contributed by atoms with Crippen LogP contribution < -0.4 is 10.1 Å². The lowest BCUT2D eigenvalue weighted by Crippen LogP contribution is -2.44. The quantitative estimate of drug-likeness (QED) is 0.835. The molecule has 0 fully saturated rings. The van der Waals surface area contributed by atoms with E-state index in [1.165, 1.54) is 11.8 Å². The van der Waals surface area contributed by atoms with Crippen molar-refractivity contribution in [1.82, 2.24) is 25.5 Å². The summed E-state index contributed by atoms with van der Waals surface area (Å²) in [5.41, 5.74) is 1.53. The molecule has 1 unspecified atom stereocenters. The van der Waals surface area contributed by atoms with Gasteiger partial charge in [-0.25, -0.2) is 0 Å². The summed E-state index contributed by atoms with van der Waals surface area (Å²) in [5, 5.41) is 15.0. The molecule has 2 rings (SSSR count). The van der Waals surface area contributed by atoms with Crippen LogP contribution in [0.1, 0.15) is 33.3 Å². The zero-order valence-electron chi connectivity index (χ0n) is 14.8. The fourth-order valence-corrected chi connectivity index (χ4v) is 2.85. The van der Waals surface area contributed by atoms with Crippen molar-refractivity contribution in [2.45, 2.75) is 50.6 Å². The molecule has 130 valence electrons. The Bertz CT molecular complexity index is 723. The Morgan fingerprint density at radius 1 is 1.38 bits per heavy atom. The summed E-state index contributed by atoms with van der Waals surface area (Å²) in [6.07, 6.45) is 0. The molecule has 0 saturated heterocycles. The molecule has 0 spiro atoms. The molecule has 1 aromatic carbocycles. The Balaban J connectivity index is 2.25. The Morgan fingerprint density at radius 2 is 2.08 bits per heavy atom. The lowest BCUT2D eigenvalue weighted by molar-refractivity contribution is -0.121. The van der Waals surface area contributed by atoms with Crippen molar-refractivity contribution in [1.29, 1.82) is 0 Å². The number of benzene rings is 1. The first-order valence-corrected chi connectivity index (χ1v) is 8.51. The van der Waals surface area contributed by atoms with Gasteiger partial charge < -0.3 is 10.1 Å². The van der Waals surface area contributed by atoms with Crippen molar-refractivity contribution in [2.75, 3.05) is 7.11 Å². The van der Waals surface area contributed by atoms with Crippen LogP contribution in [0.2, 0.25) is 0 Å². The number of carbonyl (C=O) groups is 1. The van der Waals surface area contributed by atoms with Crippen LogP contribution in [0.15, 0.2) is 23.4 Å². The Labute approximate surface area is 146 Å². The standard InChI is InChI=1S/C16H23N5O2S/c1-10-7-8-13(23-6)12(9-10)21-15(18-19-20-21)24-11(2)14(22)17-16(3,4)5/h7-9,11H,1-6H3,(H,17,22). The van der Waals surface area contributed by atoms with Gasteiger partial charge in [0.05, 0.1) is 12.4 Å². The van der Waals surface area contributed by atoms with E-state index in [9.17, 15) is 4.79 Å². The van der Waals surface area contributed by atoms with Gasteiger partial charge in [0.15, 0.2) is 0 Å². The minimum atomic E-state index is -0.329. The van der Waals surface area contributed by atoms with Crippen LogP contribution in [0, 0.1) is 6.92 Å². The monoisotopic (exact) mass is 349 g/mol. The van der Waals surface area contributed by atoms with Crippen LogP contribution >= 0.6 is 11.8 Å². The third-order valence-corrected chi connectivity index (χ3v) is 4.19.